The van der Waals surface area contributed by atoms with Crippen LogP contribution in [-0.2, 0) is 0 Å². The van der Waals surface area contributed by atoms with Crippen molar-refractivity contribution in [2.24, 2.45) is 5.73 Å². The third-order valence-corrected chi connectivity index (χ3v) is 4.36. The molecule has 0 saturated carbocycles. The molecule has 0 spiro atoms. The molecule has 0 radical (unpaired) electrons. The van der Waals surface area contributed by atoms with Crippen LogP contribution in [0.2, 0.25) is 0 Å². The summed E-state index contributed by atoms with van der Waals surface area (Å²) in [5.74, 6) is -0.185. The number of nitrogens with one attached hydrogen (secondary N) is 1. The summed E-state index contributed by atoms with van der Waals surface area (Å²) in [6.45, 7) is 0. The molecule has 108 valence electrons. The van der Waals surface area contributed by atoms with Crippen LogP contribution in [0.5, 0.6) is 0 Å². The lowest BCUT2D eigenvalue weighted by molar-refractivity contribution is 0.102. The molecule has 0 fully saturated rings. The number of thioether (sulfide) groups is 1. The Morgan fingerprint density at radius 3 is 2.62 bits per heavy atom. The summed E-state index contributed by atoms with van der Waals surface area (Å²) in [4.78, 5) is 13.6. The lowest BCUT2D eigenvalue weighted by Crippen LogP contribution is -2.18. The second kappa shape index (κ2) is 7.06. The van der Waals surface area contributed by atoms with Crippen LogP contribution < -0.4 is 11.1 Å². The monoisotopic (exact) mass is 380 g/mol. The van der Waals surface area contributed by atoms with Crippen LogP contribution in [0.15, 0.2) is 51.8 Å². The number of benzene rings is 2. The Morgan fingerprint density at radius 2 is 1.95 bits per heavy atom. The Bertz CT molecular complexity index is 704. The average molecular weight is 381 g/mol. The number of thiocarbonyl (C=S) groups is 1. The van der Waals surface area contributed by atoms with Crippen molar-refractivity contribution >= 4 is 56.5 Å². The number of anilines is 1. The molecule has 0 aromatic heterocycles. The Balaban J connectivity index is 2.36. The normalized spacial score (nSPS) is 10.2. The first kappa shape index (κ1) is 16.0. The number of amides is 1. The molecule has 0 heterocycles. The first-order chi connectivity index (χ1) is 10.0. The van der Waals surface area contributed by atoms with E-state index in [1.165, 1.54) is 11.8 Å². The predicted octanol–water partition coefficient (Wildman–Crippen LogP) is 4.06. The second-order valence-corrected chi connectivity index (χ2v) is 6.41. The number of carbonyl (C=O) groups is 1. The summed E-state index contributed by atoms with van der Waals surface area (Å²) >= 11 is 9.93. The molecule has 3 nitrogen and oxygen atoms in total. The fourth-order valence-corrected chi connectivity index (χ4v) is 2.99. The fourth-order valence-electron chi connectivity index (χ4n) is 1.86. The van der Waals surface area contributed by atoms with Gasteiger partial charge in [-0.25, -0.2) is 0 Å². The van der Waals surface area contributed by atoms with Crippen molar-refractivity contribution in [3.8, 4) is 0 Å². The van der Waals surface area contributed by atoms with E-state index >= 15 is 0 Å². The molecule has 2 aromatic rings. The minimum atomic E-state index is -0.185. The second-order valence-electron chi connectivity index (χ2n) is 4.21. The van der Waals surface area contributed by atoms with Gasteiger partial charge in [0.1, 0.15) is 4.99 Å². The third kappa shape index (κ3) is 3.84. The number of hydrogen-bond acceptors (Lipinski definition) is 3. The number of nitrogens with two attached hydrogens (primary N) is 1. The van der Waals surface area contributed by atoms with Gasteiger partial charge in [-0.1, -0.05) is 40.3 Å². The molecule has 0 atom stereocenters. The van der Waals surface area contributed by atoms with Crippen LogP contribution in [0, 0.1) is 0 Å². The molecule has 6 heteroatoms. The van der Waals surface area contributed by atoms with E-state index in [-0.39, 0.29) is 10.9 Å². The number of rotatable bonds is 4. The average Bonchev–Trinajstić information content (AvgIpc) is 2.46. The number of hydrogen-bond donors (Lipinski definition) is 2. The zero-order chi connectivity index (χ0) is 15.4. The standard InChI is InChI=1S/C15H13BrN2OS2/c1-21-13-5-3-2-4-11(13)15(19)18-12-8-9(16)6-7-10(12)14(17)20/h2-8H,1H3,(H2,17,20)(H,18,19). The summed E-state index contributed by atoms with van der Waals surface area (Å²) in [7, 11) is 0. The Labute approximate surface area is 141 Å². The third-order valence-electron chi connectivity index (χ3n) is 2.85. The van der Waals surface area contributed by atoms with Gasteiger partial charge in [-0.2, -0.15) is 0 Å². The Morgan fingerprint density at radius 1 is 1.24 bits per heavy atom. The molecule has 0 bridgehead atoms. The molecule has 21 heavy (non-hydrogen) atoms. The van der Waals surface area contributed by atoms with Crippen LogP contribution >= 0.6 is 39.9 Å². The van der Waals surface area contributed by atoms with Crippen LogP contribution in [0.25, 0.3) is 0 Å². The molecule has 0 aliphatic carbocycles. The summed E-state index contributed by atoms with van der Waals surface area (Å²) in [5, 5.41) is 2.87. The molecule has 2 rings (SSSR count). The first-order valence-corrected chi connectivity index (χ1v) is 8.49. The van der Waals surface area contributed by atoms with E-state index < -0.39 is 0 Å². The van der Waals surface area contributed by atoms with Crippen molar-refractivity contribution in [3.63, 3.8) is 0 Å². The Kier molecular flexibility index (Phi) is 5.39. The van der Waals surface area contributed by atoms with Gasteiger partial charge in [-0.05, 0) is 36.6 Å². The Hall–Kier alpha value is -1.37. The minimum Gasteiger partial charge on any atom is -0.389 e. The van der Waals surface area contributed by atoms with Crippen molar-refractivity contribution in [1.29, 1.82) is 0 Å². The van der Waals surface area contributed by atoms with E-state index in [9.17, 15) is 4.79 Å². The zero-order valence-corrected chi connectivity index (χ0v) is 14.4. The maximum Gasteiger partial charge on any atom is 0.256 e. The van der Waals surface area contributed by atoms with E-state index in [4.69, 9.17) is 18.0 Å². The summed E-state index contributed by atoms with van der Waals surface area (Å²) < 4.78 is 0.843. The van der Waals surface area contributed by atoms with E-state index in [1.54, 1.807) is 18.2 Å². The van der Waals surface area contributed by atoms with Gasteiger partial charge in [0, 0.05) is 14.9 Å². The number of halogens is 1. The number of carbonyl (C=O) groups excluding carboxylic acids is 1. The predicted molar refractivity (Wildman–Crippen MR) is 96.2 cm³/mol. The van der Waals surface area contributed by atoms with Crippen molar-refractivity contribution in [2.75, 3.05) is 11.6 Å². The highest BCUT2D eigenvalue weighted by molar-refractivity contribution is 9.10. The van der Waals surface area contributed by atoms with E-state index in [0.29, 0.717) is 16.8 Å². The lowest BCUT2D eigenvalue weighted by Gasteiger charge is -2.12. The highest BCUT2D eigenvalue weighted by Gasteiger charge is 2.13. The molecule has 2 aromatic carbocycles. The van der Waals surface area contributed by atoms with Crippen molar-refractivity contribution < 1.29 is 4.79 Å². The van der Waals surface area contributed by atoms with Crippen LogP contribution in [0.3, 0.4) is 0 Å². The SMILES string of the molecule is CSc1ccccc1C(=O)Nc1cc(Br)ccc1C(N)=S. The summed E-state index contributed by atoms with van der Waals surface area (Å²) in [6.07, 6.45) is 1.94. The molecule has 0 aliphatic rings. The molecule has 0 unspecified atom stereocenters. The van der Waals surface area contributed by atoms with E-state index in [1.807, 2.05) is 30.5 Å². The highest BCUT2D eigenvalue weighted by atomic mass is 79.9. The van der Waals surface area contributed by atoms with Crippen LogP contribution in [0.1, 0.15) is 15.9 Å². The molecular formula is C15H13BrN2OS2. The summed E-state index contributed by atoms with van der Waals surface area (Å²) in [6, 6.07) is 12.8. The summed E-state index contributed by atoms with van der Waals surface area (Å²) in [5.41, 5.74) is 7.56. The topological polar surface area (TPSA) is 55.1 Å². The molecular weight excluding hydrogens is 368 g/mol. The maximum atomic E-state index is 12.5. The smallest absolute Gasteiger partial charge is 0.256 e. The molecule has 0 saturated heterocycles. The van der Waals surface area contributed by atoms with Crippen LogP contribution in [0.4, 0.5) is 5.69 Å². The maximum absolute atomic E-state index is 12.5. The van der Waals surface area contributed by atoms with Gasteiger partial charge in [0.2, 0.25) is 0 Å². The highest BCUT2D eigenvalue weighted by Crippen LogP contribution is 2.24. The molecule has 0 aliphatic heterocycles. The molecule has 1 amide bonds. The van der Waals surface area contributed by atoms with Gasteiger partial charge in [-0.15, -0.1) is 11.8 Å². The van der Waals surface area contributed by atoms with Crippen molar-refractivity contribution in [2.45, 2.75) is 4.90 Å². The van der Waals surface area contributed by atoms with Crippen molar-refractivity contribution in [3.05, 3.63) is 58.1 Å². The zero-order valence-electron chi connectivity index (χ0n) is 11.2. The minimum absolute atomic E-state index is 0.185. The largest absolute Gasteiger partial charge is 0.389 e. The van der Waals surface area contributed by atoms with Crippen LogP contribution in [-0.4, -0.2) is 17.2 Å². The van der Waals surface area contributed by atoms with Gasteiger partial charge in [0.15, 0.2) is 0 Å². The van der Waals surface area contributed by atoms with E-state index in [2.05, 4.69) is 21.2 Å². The fraction of sp³-hybridized carbons (Fsp3) is 0.0667. The van der Waals surface area contributed by atoms with Gasteiger partial charge >= 0.3 is 0 Å². The quantitative estimate of drug-likeness (QED) is 0.620. The van der Waals surface area contributed by atoms with Gasteiger partial charge in [-0.3, -0.25) is 4.79 Å². The van der Waals surface area contributed by atoms with Gasteiger partial charge in [0.05, 0.1) is 11.3 Å². The van der Waals surface area contributed by atoms with Crippen molar-refractivity contribution in [1.82, 2.24) is 0 Å². The lowest BCUT2D eigenvalue weighted by atomic mass is 10.1. The first-order valence-electron chi connectivity index (χ1n) is 6.06. The molecule has 3 N–H and O–H groups in total. The van der Waals surface area contributed by atoms with E-state index in [0.717, 1.165) is 9.37 Å². The van der Waals surface area contributed by atoms with Gasteiger partial charge < -0.3 is 11.1 Å². The van der Waals surface area contributed by atoms with Gasteiger partial charge in [0.25, 0.3) is 5.91 Å².